The minimum absolute atomic E-state index is 0.0694. The first kappa shape index (κ1) is 25.6. The van der Waals surface area contributed by atoms with Gasteiger partial charge in [-0.1, -0.05) is 43.7 Å². The molecule has 36 heavy (non-hydrogen) atoms. The molecular weight excluding hydrogens is 456 g/mol. The number of carboxylic acid groups (broad SMARTS) is 1. The highest BCUT2D eigenvalue weighted by Crippen LogP contribution is 2.38. The molecule has 1 aliphatic heterocycles. The van der Waals surface area contributed by atoms with E-state index in [0.29, 0.717) is 37.9 Å². The highest BCUT2D eigenvalue weighted by molar-refractivity contribution is 5.69. The molecule has 1 aliphatic rings. The van der Waals surface area contributed by atoms with Crippen molar-refractivity contribution in [2.24, 2.45) is 0 Å². The van der Waals surface area contributed by atoms with Gasteiger partial charge in [0, 0.05) is 24.2 Å². The van der Waals surface area contributed by atoms with E-state index in [4.69, 9.17) is 24.1 Å². The summed E-state index contributed by atoms with van der Waals surface area (Å²) in [5.41, 5.74) is 5.40. The Morgan fingerprint density at radius 3 is 2.64 bits per heavy atom. The van der Waals surface area contributed by atoms with Gasteiger partial charge in [-0.05, 0) is 59.9 Å². The summed E-state index contributed by atoms with van der Waals surface area (Å²) in [7, 11) is 0. The second-order valence-electron chi connectivity index (χ2n) is 9.09. The molecule has 1 unspecified atom stereocenters. The first-order valence-electron chi connectivity index (χ1n) is 12.6. The molecule has 0 radical (unpaired) electrons. The summed E-state index contributed by atoms with van der Waals surface area (Å²) < 4.78 is 23.1. The van der Waals surface area contributed by atoms with Crippen LogP contribution in [0.1, 0.15) is 48.8 Å². The zero-order valence-corrected chi connectivity index (χ0v) is 21.0. The standard InChI is InChI=1S/C30H34O6/c1-3-4-12-33-13-14-34-25-8-10-27(21(2)15-25)23-7-5-6-22(16-23)19-35-26-9-11-28-24(17-30(31)32)20-36-29(28)18-26/h5-11,15-16,18,24H,3-4,12-14,17,19-20H2,1-2H3,(H,31,32). The van der Waals surface area contributed by atoms with Gasteiger partial charge in [0.05, 0.1) is 19.6 Å². The van der Waals surface area contributed by atoms with Crippen LogP contribution in [0.5, 0.6) is 17.2 Å². The number of fused-ring (bicyclic) bond motifs is 1. The molecule has 0 aliphatic carbocycles. The molecule has 0 amide bonds. The Kier molecular flexibility index (Phi) is 8.85. The third-order valence-corrected chi connectivity index (χ3v) is 6.27. The Labute approximate surface area is 212 Å². The molecule has 1 atom stereocenters. The Hall–Kier alpha value is -3.51. The van der Waals surface area contributed by atoms with Gasteiger partial charge >= 0.3 is 5.97 Å². The number of hydrogen-bond acceptors (Lipinski definition) is 5. The van der Waals surface area contributed by atoms with Crippen LogP contribution in [0.25, 0.3) is 11.1 Å². The summed E-state index contributed by atoms with van der Waals surface area (Å²) in [6.07, 6.45) is 2.28. The first-order chi connectivity index (χ1) is 17.5. The minimum Gasteiger partial charge on any atom is -0.492 e. The van der Waals surface area contributed by atoms with Gasteiger partial charge in [-0.25, -0.2) is 0 Å². The van der Waals surface area contributed by atoms with Gasteiger partial charge in [0.1, 0.15) is 30.5 Å². The molecule has 4 rings (SSSR count). The highest BCUT2D eigenvalue weighted by atomic mass is 16.5. The van der Waals surface area contributed by atoms with Crippen molar-refractivity contribution in [1.82, 2.24) is 0 Å². The summed E-state index contributed by atoms with van der Waals surface area (Å²) >= 11 is 0. The van der Waals surface area contributed by atoms with Crippen LogP contribution in [0.3, 0.4) is 0 Å². The predicted molar refractivity (Wildman–Crippen MR) is 139 cm³/mol. The number of unbranched alkanes of at least 4 members (excludes halogenated alkanes) is 1. The maximum atomic E-state index is 11.1. The molecule has 1 heterocycles. The SMILES string of the molecule is CCCCOCCOc1ccc(-c2cccc(COc3ccc4c(c3)OCC4CC(=O)O)c2)c(C)c1. The van der Waals surface area contributed by atoms with E-state index in [1.54, 1.807) is 0 Å². The van der Waals surface area contributed by atoms with Crippen LogP contribution in [0.4, 0.5) is 0 Å². The number of ether oxygens (including phenoxy) is 4. The molecule has 0 saturated heterocycles. The van der Waals surface area contributed by atoms with E-state index in [9.17, 15) is 4.79 Å². The number of carboxylic acids is 1. The number of aryl methyl sites for hydroxylation is 1. The average molecular weight is 491 g/mol. The maximum Gasteiger partial charge on any atom is 0.304 e. The van der Waals surface area contributed by atoms with Gasteiger partial charge in [-0.2, -0.15) is 0 Å². The van der Waals surface area contributed by atoms with Crippen molar-refractivity contribution in [3.8, 4) is 28.4 Å². The second-order valence-corrected chi connectivity index (χ2v) is 9.09. The van der Waals surface area contributed by atoms with Gasteiger partial charge in [0.2, 0.25) is 0 Å². The number of aliphatic carboxylic acids is 1. The van der Waals surface area contributed by atoms with Crippen LogP contribution in [-0.2, 0) is 16.1 Å². The summed E-state index contributed by atoms with van der Waals surface area (Å²) in [6.45, 7) is 6.98. The van der Waals surface area contributed by atoms with E-state index in [1.165, 1.54) is 0 Å². The maximum absolute atomic E-state index is 11.1. The largest absolute Gasteiger partial charge is 0.492 e. The number of hydrogen-bond donors (Lipinski definition) is 1. The normalized spacial score (nSPS) is 14.2. The van der Waals surface area contributed by atoms with Crippen LogP contribution in [0.15, 0.2) is 60.7 Å². The van der Waals surface area contributed by atoms with Crippen molar-refractivity contribution in [3.63, 3.8) is 0 Å². The third kappa shape index (κ3) is 6.79. The molecule has 3 aromatic rings. The van der Waals surface area contributed by atoms with Crippen molar-refractivity contribution in [1.29, 1.82) is 0 Å². The van der Waals surface area contributed by atoms with E-state index in [1.807, 2.05) is 36.4 Å². The van der Waals surface area contributed by atoms with E-state index < -0.39 is 5.97 Å². The summed E-state index contributed by atoms with van der Waals surface area (Å²) in [5.74, 6) is 1.33. The van der Waals surface area contributed by atoms with Crippen molar-refractivity contribution in [2.45, 2.75) is 45.6 Å². The van der Waals surface area contributed by atoms with Crippen molar-refractivity contribution in [2.75, 3.05) is 26.4 Å². The van der Waals surface area contributed by atoms with Crippen LogP contribution in [0, 0.1) is 6.92 Å². The summed E-state index contributed by atoms with van der Waals surface area (Å²) in [5, 5.41) is 9.08. The zero-order chi connectivity index (χ0) is 25.3. The molecular formula is C30H34O6. The lowest BCUT2D eigenvalue weighted by Gasteiger charge is -2.13. The van der Waals surface area contributed by atoms with Gasteiger partial charge in [0.15, 0.2) is 0 Å². The molecule has 0 saturated carbocycles. The molecule has 190 valence electrons. The van der Waals surface area contributed by atoms with E-state index in [0.717, 1.165) is 53.0 Å². The molecule has 6 nitrogen and oxygen atoms in total. The zero-order valence-electron chi connectivity index (χ0n) is 21.0. The van der Waals surface area contributed by atoms with Gasteiger partial charge in [-0.3, -0.25) is 4.79 Å². The van der Waals surface area contributed by atoms with Gasteiger partial charge < -0.3 is 24.1 Å². The van der Waals surface area contributed by atoms with E-state index in [2.05, 4.69) is 38.1 Å². The van der Waals surface area contributed by atoms with Crippen LogP contribution >= 0.6 is 0 Å². The number of carbonyl (C=O) groups is 1. The Bertz CT molecular complexity index is 1170. The predicted octanol–water partition coefficient (Wildman–Crippen LogP) is 6.39. The molecule has 0 aromatic heterocycles. The van der Waals surface area contributed by atoms with E-state index in [-0.39, 0.29) is 12.3 Å². The Morgan fingerprint density at radius 1 is 1.00 bits per heavy atom. The summed E-state index contributed by atoms with van der Waals surface area (Å²) in [6, 6.07) is 20.1. The average Bonchev–Trinajstić information content (AvgIpc) is 3.26. The van der Waals surface area contributed by atoms with Crippen LogP contribution in [0.2, 0.25) is 0 Å². The van der Waals surface area contributed by atoms with Crippen molar-refractivity contribution in [3.05, 3.63) is 77.4 Å². The highest BCUT2D eigenvalue weighted by Gasteiger charge is 2.26. The molecule has 1 N–H and O–H groups in total. The topological polar surface area (TPSA) is 74.2 Å². The van der Waals surface area contributed by atoms with Crippen molar-refractivity contribution >= 4 is 5.97 Å². The molecule has 0 spiro atoms. The molecule has 0 bridgehead atoms. The van der Waals surface area contributed by atoms with Crippen LogP contribution in [-0.4, -0.2) is 37.5 Å². The van der Waals surface area contributed by atoms with Gasteiger partial charge in [0.25, 0.3) is 0 Å². The second kappa shape index (κ2) is 12.5. The monoisotopic (exact) mass is 490 g/mol. The smallest absolute Gasteiger partial charge is 0.304 e. The number of benzene rings is 3. The lowest BCUT2D eigenvalue weighted by molar-refractivity contribution is -0.137. The Balaban J connectivity index is 1.34. The fourth-order valence-electron chi connectivity index (χ4n) is 4.34. The Morgan fingerprint density at radius 2 is 1.83 bits per heavy atom. The number of rotatable bonds is 13. The lowest BCUT2D eigenvalue weighted by Crippen LogP contribution is -2.07. The molecule has 6 heteroatoms. The molecule has 3 aromatic carbocycles. The third-order valence-electron chi connectivity index (χ3n) is 6.27. The first-order valence-corrected chi connectivity index (χ1v) is 12.6. The summed E-state index contributed by atoms with van der Waals surface area (Å²) in [4.78, 5) is 11.1. The van der Waals surface area contributed by atoms with Crippen molar-refractivity contribution < 1.29 is 28.8 Å². The van der Waals surface area contributed by atoms with Gasteiger partial charge in [-0.15, -0.1) is 0 Å². The lowest BCUT2D eigenvalue weighted by atomic mass is 9.98. The molecule has 0 fully saturated rings. The van der Waals surface area contributed by atoms with E-state index >= 15 is 0 Å². The fraction of sp³-hybridized carbons (Fsp3) is 0.367. The quantitative estimate of drug-likeness (QED) is 0.280. The minimum atomic E-state index is -0.818. The fourth-order valence-corrected chi connectivity index (χ4v) is 4.34. The van der Waals surface area contributed by atoms with Crippen LogP contribution < -0.4 is 14.2 Å².